The zero-order valence-corrected chi connectivity index (χ0v) is 26.8. The molecule has 12 nitrogen and oxygen atoms in total. The average Bonchev–Trinajstić information content (AvgIpc) is 3.89. The van der Waals surface area contributed by atoms with Gasteiger partial charge in [0.05, 0.1) is 18.3 Å². The van der Waals surface area contributed by atoms with Crippen molar-refractivity contribution in [3.8, 4) is 11.4 Å². The van der Waals surface area contributed by atoms with Gasteiger partial charge in [0.25, 0.3) is 0 Å². The van der Waals surface area contributed by atoms with Crippen LogP contribution in [0.1, 0.15) is 32.0 Å². The molecular formula is C35H40N8O4. The second kappa shape index (κ2) is 13.4. The average molecular weight is 637 g/mol. The van der Waals surface area contributed by atoms with Crippen molar-refractivity contribution in [2.45, 2.75) is 44.7 Å². The minimum atomic E-state index is -1.02. The Labute approximate surface area is 273 Å². The number of hydrogen-bond acceptors (Lipinski definition) is 9. The van der Waals surface area contributed by atoms with E-state index in [9.17, 15) is 4.79 Å². The molecule has 3 atom stereocenters. The second-order valence-electron chi connectivity index (χ2n) is 12.0. The Kier molecular flexibility index (Phi) is 8.77. The topological polar surface area (TPSA) is 105 Å². The van der Waals surface area contributed by atoms with Crippen LogP contribution in [0.4, 0.5) is 11.4 Å². The van der Waals surface area contributed by atoms with Crippen molar-refractivity contribution < 1.29 is 14.2 Å². The summed E-state index contributed by atoms with van der Waals surface area (Å²) in [5.41, 5.74) is 3.74. The van der Waals surface area contributed by atoms with Gasteiger partial charge in [0.1, 0.15) is 37.0 Å². The van der Waals surface area contributed by atoms with Crippen molar-refractivity contribution in [2.75, 3.05) is 49.2 Å². The lowest BCUT2D eigenvalue weighted by Crippen LogP contribution is -2.46. The first-order chi connectivity index (χ1) is 23.0. The smallest absolute Gasteiger partial charge is 0.350 e. The number of piperazine rings is 1. The largest absolute Gasteiger partial charge is 0.491 e. The highest BCUT2D eigenvalue weighted by molar-refractivity contribution is 5.54. The lowest BCUT2D eigenvalue weighted by molar-refractivity contribution is -0.193. The van der Waals surface area contributed by atoms with Gasteiger partial charge in [-0.05, 0) is 80.1 Å². The van der Waals surface area contributed by atoms with Gasteiger partial charge in [-0.15, -0.1) is 0 Å². The molecule has 2 fully saturated rings. The summed E-state index contributed by atoms with van der Waals surface area (Å²) in [7, 11) is 0. The van der Waals surface area contributed by atoms with Crippen molar-refractivity contribution in [2.24, 2.45) is 0 Å². The Morgan fingerprint density at radius 3 is 2.23 bits per heavy atom. The van der Waals surface area contributed by atoms with E-state index in [0.717, 1.165) is 49.7 Å². The zero-order valence-electron chi connectivity index (χ0n) is 26.8. The number of ether oxygens (including phenoxy) is 3. The monoisotopic (exact) mass is 636 g/mol. The van der Waals surface area contributed by atoms with E-state index in [1.54, 1.807) is 32.7 Å². The molecule has 0 radical (unpaired) electrons. The van der Waals surface area contributed by atoms with Crippen molar-refractivity contribution in [3.05, 3.63) is 114 Å². The minimum Gasteiger partial charge on any atom is -0.491 e. The lowest BCUT2D eigenvalue weighted by atomic mass is 10.1. The van der Waals surface area contributed by atoms with Gasteiger partial charge in [0.2, 0.25) is 5.79 Å². The molecule has 47 heavy (non-hydrogen) atoms. The predicted octanol–water partition coefficient (Wildman–Crippen LogP) is 4.27. The first-order valence-corrected chi connectivity index (χ1v) is 16.2. The van der Waals surface area contributed by atoms with Gasteiger partial charge in [-0.3, -0.25) is 9.67 Å². The van der Waals surface area contributed by atoms with E-state index in [-0.39, 0.29) is 17.8 Å². The third kappa shape index (κ3) is 6.51. The van der Waals surface area contributed by atoms with Crippen LogP contribution in [0, 0.1) is 0 Å². The minimum absolute atomic E-state index is 0.0720. The highest BCUT2D eigenvalue weighted by Crippen LogP contribution is 2.35. The van der Waals surface area contributed by atoms with E-state index >= 15 is 0 Å². The number of benzene rings is 2. The molecule has 0 saturated carbocycles. The molecule has 0 spiro atoms. The standard InChI is InChI=1S/C35H40N8O4/c1-3-27(2)43-34(44)42(26-38-43)30-10-8-28(9-11-30)39-19-21-40(22-20-39)29-12-14-31(15-13-29)45-23-32-24-46-35(47-32,25-41-18-6-17-37-41)33-7-4-5-16-36-33/h4-18,26-27,32H,3,19-25H2,1-2H3. The molecule has 244 valence electrons. The molecule has 5 heterocycles. The molecular weight excluding hydrogens is 596 g/mol. The van der Waals surface area contributed by atoms with Crippen molar-refractivity contribution >= 4 is 11.4 Å². The van der Waals surface area contributed by atoms with E-state index in [4.69, 9.17) is 14.2 Å². The molecule has 5 aromatic rings. The SMILES string of the molecule is CCC(C)n1ncn(-c2ccc(N3CCN(c4ccc(OCC5COC(Cn6cccn6)(c6ccccn6)O5)cc4)CC3)cc2)c1=O. The van der Waals surface area contributed by atoms with Gasteiger partial charge in [0.15, 0.2) is 0 Å². The Bertz CT molecular complexity index is 1780. The molecule has 3 aromatic heterocycles. The van der Waals surface area contributed by atoms with Gasteiger partial charge in [-0.1, -0.05) is 13.0 Å². The number of aromatic nitrogens is 6. The Hall–Kier alpha value is -4.94. The third-order valence-electron chi connectivity index (χ3n) is 8.96. The van der Waals surface area contributed by atoms with Crippen molar-refractivity contribution in [1.29, 1.82) is 0 Å². The Morgan fingerprint density at radius 2 is 1.60 bits per heavy atom. The normalized spacial score (nSPS) is 20.4. The van der Waals surface area contributed by atoms with E-state index in [1.165, 1.54) is 5.69 Å². The van der Waals surface area contributed by atoms with Crippen LogP contribution in [0.3, 0.4) is 0 Å². The summed E-state index contributed by atoms with van der Waals surface area (Å²) in [6.45, 7) is 8.82. The van der Waals surface area contributed by atoms with Gasteiger partial charge in [0, 0.05) is 56.1 Å². The highest BCUT2D eigenvalue weighted by Gasteiger charge is 2.45. The van der Waals surface area contributed by atoms with Gasteiger partial charge in [-0.25, -0.2) is 14.0 Å². The lowest BCUT2D eigenvalue weighted by Gasteiger charge is -2.37. The maximum atomic E-state index is 12.8. The first kappa shape index (κ1) is 30.7. The van der Waals surface area contributed by atoms with Gasteiger partial charge in [-0.2, -0.15) is 10.2 Å². The second-order valence-corrected chi connectivity index (χ2v) is 12.0. The van der Waals surface area contributed by atoms with Crippen LogP contribution in [-0.4, -0.2) is 74.6 Å². The fourth-order valence-electron chi connectivity index (χ4n) is 6.10. The van der Waals surface area contributed by atoms with Crippen LogP contribution in [0.25, 0.3) is 5.69 Å². The molecule has 0 amide bonds. The highest BCUT2D eigenvalue weighted by atomic mass is 16.8. The number of hydrogen-bond donors (Lipinski definition) is 0. The summed E-state index contributed by atoms with van der Waals surface area (Å²) >= 11 is 0. The van der Waals surface area contributed by atoms with E-state index in [0.29, 0.717) is 25.5 Å². The van der Waals surface area contributed by atoms with Crippen LogP contribution in [0.2, 0.25) is 0 Å². The summed E-state index contributed by atoms with van der Waals surface area (Å²) in [6.07, 6.45) is 7.57. The zero-order chi connectivity index (χ0) is 32.2. The van der Waals surface area contributed by atoms with Crippen LogP contribution in [0.5, 0.6) is 5.75 Å². The maximum absolute atomic E-state index is 12.8. The van der Waals surface area contributed by atoms with E-state index < -0.39 is 5.79 Å². The fraction of sp³-hybridized carbons (Fsp3) is 0.371. The van der Waals surface area contributed by atoms with Gasteiger partial charge >= 0.3 is 5.69 Å². The summed E-state index contributed by atoms with van der Waals surface area (Å²) < 4.78 is 23.8. The number of nitrogens with zero attached hydrogens (tertiary/aromatic N) is 8. The quantitative estimate of drug-likeness (QED) is 0.210. The molecule has 2 aromatic carbocycles. The molecule has 0 aliphatic carbocycles. The van der Waals surface area contributed by atoms with Crippen molar-refractivity contribution in [1.82, 2.24) is 29.1 Å². The van der Waals surface area contributed by atoms with Gasteiger partial charge < -0.3 is 24.0 Å². The van der Waals surface area contributed by atoms with Crippen LogP contribution in [-0.2, 0) is 21.8 Å². The molecule has 7 rings (SSSR count). The maximum Gasteiger partial charge on any atom is 0.350 e. The summed E-state index contributed by atoms with van der Waals surface area (Å²) in [4.78, 5) is 22.1. The number of pyridine rings is 1. The summed E-state index contributed by atoms with van der Waals surface area (Å²) in [5, 5.41) is 8.64. The van der Waals surface area contributed by atoms with E-state index in [1.807, 2.05) is 61.7 Å². The molecule has 12 heteroatoms. The summed E-state index contributed by atoms with van der Waals surface area (Å²) in [6, 6.07) is 24.1. The van der Waals surface area contributed by atoms with Crippen LogP contribution >= 0.6 is 0 Å². The fourth-order valence-corrected chi connectivity index (χ4v) is 6.10. The first-order valence-electron chi connectivity index (χ1n) is 16.2. The van der Waals surface area contributed by atoms with Crippen molar-refractivity contribution in [3.63, 3.8) is 0 Å². The molecule has 2 saturated heterocycles. The molecule has 2 aliphatic heterocycles. The predicted molar refractivity (Wildman–Crippen MR) is 178 cm³/mol. The third-order valence-corrected chi connectivity index (χ3v) is 8.96. The molecule has 2 aliphatic rings. The Morgan fingerprint density at radius 1 is 0.894 bits per heavy atom. The number of anilines is 2. The van der Waals surface area contributed by atoms with Crippen LogP contribution in [0.15, 0.2) is 103 Å². The van der Waals surface area contributed by atoms with Crippen LogP contribution < -0.4 is 20.2 Å². The molecule has 0 N–H and O–H groups in total. The Balaban J connectivity index is 0.913. The van der Waals surface area contributed by atoms with E-state index in [2.05, 4.69) is 56.2 Å². The molecule has 3 unspecified atom stereocenters. The number of rotatable bonds is 11. The molecule has 0 bridgehead atoms. The summed E-state index contributed by atoms with van der Waals surface area (Å²) in [5.74, 6) is -0.237.